The summed E-state index contributed by atoms with van der Waals surface area (Å²) in [7, 11) is 2.92. The normalized spacial score (nSPS) is 13.8. The van der Waals surface area contributed by atoms with Crippen molar-refractivity contribution >= 4 is 34.8 Å². The summed E-state index contributed by atoms with van der Waals surface area (Å²) in [5.41, 5.74) is 0.229. The smallest absolute Gasteiger partial charge is 0.240 e. The Hall–Kier alpha value is -3.24. The zero-order valence-corrected chi connectivity index (χ0v) is 16.1. The summed E-state index contributed by atoms with van der Waals surface area (Å²) in [6, 6.07) is 11.5. The molecule has 28 heavy (non-hydrogen) atoms. The van der Waals surface area contributed by atoms with E-state index in [9.17, 15) is 9.59 Å². The number of nitriles is 1. The molecule has 2 N–H and O–H groups in total. The van der Waals surface area contributed by atoms with E-state index in [1.165, 1.54) is 20.3 Å². The molecule has 0 atom stereocenters. The SMILES string of the molecule is COc1cc(NC(=O)C2(C(=O)Nc3ccc(C#N)cc3)CC2)c(OC)cc1Cl. The number of amides is 2. The molecular formula is C20H18ClN3O4. The second-order valence-electron chi connectivity index (χ2n) is 6.37. The van der Waals surface area contributed by atoms with Gasteiger partial charge in [-0.2, -0.15) is 5.26 Å². The molecule has 2 aromatic rings. The van der Waals surface area contributed by atoms with Gasteiger partial charge in [0, 0.05) is 17.8 Å². The van der Waals surface area contributed by atoms with Crippen LogP contribution in [0.4, 0.5) is 11.4 Å². The van der Waals surface area contributed by atoms with Crippen molar-refractivity contribution in [3.8, 4) is 17.6 Å². The molecule has 8 heteroatoms. The zero-order chi connectivity index (χ0) is 20.3. The Morgan fingerprint density at radius 1 is 1.04 bits per heavy atom. The van der Waals surface area contributed by atoms with Crippen molar-refractivity contribution in [2.75, 3.05) is 24.9 Å². The van der Waals surface area contributed by atoms with Crippen LogP contribution in [0.15, 0.2) is 36.4 Å². The molecule has 1 aliphatic rings. The Morgan fingerprint density at radius 3 is 2.18 bits per heavy atom. The van der Waals surface area contributed by atoms with E-state index in [1.54, 1.807) is 30.3 Å². The topological polar surface area (TPSA) is 100 Å². The van der Waals surface area contributed by atoms with Crippen molar-refractivity contribution in [3.05, 3.63) is 47.0 Å². The van der Waals surface area contributed by atoms with E-state index < -0.39 is 17.2 Å². The highest BCUT2D eigenvalue weighted by Crippen LogP contribution is 2.48. The van der Waals surface area contributed by atoms with Crippen LogP contribution in [-0.2, 0) is 9.59 Å². The van der Waals surface area contributed by atoms with Crippen LogP contribution in [0.2, 0.25) is 5.02 Å². The van der Waals surface area contributed by atoms with E-state index in [1.807, 2.05) is 6.07 Å². The standard InChI is InChI=1S/C20H18ClN3O4/c1-27-16-10-15(17(28-2)9-14(16)21)24-19(26)20(7-8-20)18(25)23-13-5-3-12(11-22)4-6-13/h3-6,9-10H,7-8H2,1-2H3,(H,23,25)(H,24,26). The highest BCUT2D eigenvalue weighted by Gasteiger charge is 2.56. The number of hydrogen-bond donors (Lipinski definition) is 2. The van der Waals surface area contributed by atoms with Gasteiger partial charge < -0.3 is 20.1 Å². The summed E-state index contributed by atoms with van der Waals surface area (Å²) < 4.78 is 10.4. The van der Waals surface area contributed by atoms with E-state index in [4.69, 9.17) is 26.3 Å². The average Bonchev–Trinajstić information content (AvgIpc) is 3.51. The molecule has 2 amide bonds. The summed E-state index contributed by atoms with van der Waals surface area (Å²) in [6.45, 7) is 0. The number of carbonyl (C=O) groups excluding carboxylic acids is 2. The molecule has 0 aliphatic heterocycles. The second kappa shape index (κ2) is 7.79. The van der Waals surface area contributed by atoms with Crippen LogP contribution in [0, 0.1) is 16.7 Å². The van der Waals surface area contributed by atoms with Gasteiger partial charge in [0.15, 0.2) is 0 Å². The number of benzene rings is 2. The Labute approximate surface area is 167 Å². The predicted octanol–water partition coefficient (Wildman–Crippen LogP) is 3.59. The molecule has 0 unspecified atom stereocenters. The number of anilines is 2. The predicted molar refractivity (Wildman–Crippen MR) is 105 cm³/mol. The van der Waals surface area contributed by atoms with Crippen LogP contribution >= 0.6 is 11.6 Å². The molecule has 1 aliphatic carbocycles. The number of nitrogens with one attached hydrogen (secondary N) is 2. The van der Waals surface area contributed by atoms with Crippen molar-refractivity contribution < 1.29 is 19.1 Å². The lowest BCUT2D eigenvalue weighted by Crippen LogP contribution is -2.35. The molecular weight excluding hydrogens is 382 g/mol. The molecule has 0 radical (unpaired) electrons. The van der Waals surface area contributed by atoms with Crippen LogP contribution in [0.25, 0.3) is 0 Å². The molecule has 0 spiro atoms. The van der Waals surface area contributed by atoms with E-state index in [0.29, 0.717) is 46.3 Å². The summed E-state index contributed by atoms with van der Waals surface area (Å²) >= 11 is 6.08. The Kier molecular flexibility index (Phi) is 5.43. The first-order valence-electron chi connectivity index (χ1n) is 8.48. The van der Waals surface area contributed by atoms with Crippen molar-refractivity contribution in [1.29, 1.82) is 5.26 Å². The van der Waals surface area contributed by atoms with Crippen molar-refractivity contribution in [3.63, 3.8) is 0 Å². The number of hydrogen-bond acceptors (Lipinski definition) is 5. The Bertz CT molecular complexity index is 963. The molecule has 3 rings (SSSR count). The fourth-order valence-electron chi connectivity index (χ4n) is 2.76. The molecule has 1 saturated carbocycles. The second-order valence-corrected chi connectivity index (χ2v) is 6.77. The van der Waals surface area contributed by atoms with Gasteiger partial charge >= 0.3 is 0 Å². The average molecular weight is 400 g/mol. The monoisotopic (exact) mass is 399 g/mol. The third-order valence-electron chi connectivity index (χ3n) is 4.61. The summed E-state index contributed by atoms with van der Waals surface area (Å²) in [6.07, 6.45) is 0.877. The molecule has 2 aromatic carbocycles. The van der Waals surface area contributed by atoms with Gasteiger partial charge in [-0.25, -0.2) is 0 Å². The molecule has 144 valence electrons. The largest absolute Gasteiger partial charge is 0.495 e. The van der Waals surface area contributed by atoms with E-state index >= 15 is 0 Å². The van der Waals surface area contributed by atoms with Crippen molar-refractivity contribution in [1.82, 2.24) is 0 Å². The van der Waals surface area contributed by atoms with E-state index in [0.717, 1.165) is 0 Å². The number of carbonyl (C=O) groups is 2. The van der Waals surface area contributed by atoms with Crippen LogP contribution in [0.5, 0.6) is 11.5 Å². The van der Waals surface area contributed by atoms with Gasteiger partial charge in [0.1, 0.15) is 16.9 Å². The minimum Gasteiger partial charge on any atom is -0.495 e. The van der Waals surface area contributed by atoms with Gasteiger partial charge in [-0.1, -0.05) is 11.6 Å². The minimum atomic E-state index is -1.15. The summed E-state index contributed by atoms with van der Waals surface area (Å²) in [4.78, 5) is 25.5. The first-order chi connectivity index (χ1) is 13.4. The molecule has 0 heterocycles. The molecule has 1 fully saturated rings. The number of ether oxygens (including phenoxy) is 2. The fourth-order valence-corrected chi connectivity index (χ4v) is 2.99. The molecule has 0 aromatic heterocycles. The maximum Gasteiger partial charge on any atom is 0.240 e. The molecule has 0 saturated heterocycles. The number of methoxy groups -OCH3 is 2. The van der Waals surface area contributed by atoms with Gasteiger partial charge in [0.25, 0.3) is 0 Å². The van der Waals surface area contributed by atoms with Crippen LogP contribution in [0.3, 0.4) is 0 Å². The number of halogens is 1. The number of nitrogens with zero attached hydrogens (tertiary/aromatic N) is 1. The fraction of sp³-hybridized carbons (Fsp3) is 0.250. The van der Waals surface area contributed by atoms with Crippen molar-refractivity contribution in [2.24, 2.45) is 5.41 Å². The van der Waals surface area contributed by atoms with Crippen molar-refractivity contribution in [2.45, 2.75) is 12.8 Å². The van der Waals surface area contributed by atoms with Crippen LogP contribution < -0.4 is 20.1 Å². The van der Waals surface area contributed by atoms with Gasteiger partial charge in [-0.15, -0.1) is 0 Å². The maximum atomic E-state index is 12.8. The lowest BCUT2D eigenvalue weighted by Gasteiger charge is -2.18. The van der Waals surface area contributed by atoms with Crippen LogP contribution in [-0.4, -0.2) is 26.0 Å². The quantitative estimate of drug-likeness (QED) is 0.723. The first-order valence-corrected chi connectivity index (χ1v) is 8.86. The van der Waals surface area contributed by atoms with Crippen LogP contribution in [0.1, 0.15) is 18.4 Å². The molecule has 0 bridgehead atoms. The van der Waals surface area contributed by atoms with Gasteiger partial charge in [0.2, 0.25) is 11.8 Å². The number of rotatable bonds is 6. The van der Waals surface area contributed by atoms with E-state index in [2.05, 4.69) is 10.6 Å². The lowest BCUT2D eigenvalue weighted by atomic mass is 10.0. The minimum absolute atomic E-state index is 0.344. The Morgan fingerprint density at radius 2 is 1.64 bits per heavy atom. The third kappa shape index (κ3) is 3.73. The molecule has 7 nitrogen and oxygen atoms in total. The summed E-state index contributed by atoms with van der Waals surface area (Å²) in [5.74, 6) is -0.0805. The van der Waals surface area contributed by atoms with Gasteiger partial charge in [0.05, 0.1) is 36.6 Å². The summed E-state index contributed by atoms with van der Waals surface area (Å²) in [5, 5.41) is 14.7. The third-order valence-corrected chi connectivity index (χ3v) is 4.91. The highest BCUT2D eigenvalue weighted by atomic mass is 35.5. The van der Waals surface area contributed by atoms with E-state index in [-0.39, 0.29) is 0 Å². The maximum absolute atomic E-state index is 12.8. The highest BCUT2D eigenvalue weighted by molar-refractivity contribution is 6.32. The van der Waals surface area contributed by atoms with Gasteiger partial charge in [-0.05, 0) is 37.1 Å². The lowest BCUT2D eigenvalue weighted by molar-refractivity contribution is -0.131. The van der Waals surface area contributed by atoms with Gasteiger partial charge in [-0.3, -0.25) is 9.59 Å². The Balaban J connectivity index is 1.76. The first kappa shape index (κ1) is 19.5. The zero-order valence-electron chi connectivity index (χ0n) is 15.3.